The first kappa shape index (κ1) is 18.1. The molecule has 0 saturated carbocycles. The zero-order valence-corrected chi connectivity index (χ0v) is 15.5. The maximum atomic E-state index is 12.9. The number of likely N-dealkylation sites (tertiary alicyclic amines) is 1. The van der Waals surface area contributed by atoms with E-state index in [1.54, 1.807) is 12.1 Å². The van der Waals surface area contributed by atoms with E-state index in [4.69, 9.17) is 4.74 Å². The third-order valence-corrected chi connectivity index (χ3v) is 5.40. The summed E-state index contributed by atoms with van der Waals surface area (Å²) in [6, 6.07) is 7.21. The molecule has 2 fully saturated rings. The molecule has 7 nitrogen and oxygen atoms in total. The number of hydrogen-bond donors (Lipinski definition) is 0. The van der Waals surface area contributed by atoms with E-state index in [-0.39, 0.29) is 24.1 Å². The molecular formula is C20H26N4O3. The number of carbonyl (C=O) groups excluding carboxylic acids is 1. The van der Waals surface area contributed by atoms with E-state index >= 15 is 0 Å². The van der Waals surface area contributed by atoms with Crippen LogP contribution in [0.3, 0.4) is 0 Å². The van der Waals surface area contributed by atoms with Crippen LogP contribution in [0.4, 0.5) is 0 Å². The first-order valence-electron chi connectivity index (χ1n) is 9.76. The minimum Gasteiger partial charge on any atom is -0.375 e. The molecule has 2 aromatic rings. The van der Waals surface area contributed by atoms with Crippen molar-refractivity contribution in [3.63, 3.8) is 0 Å². The van der Waals surface area contributed by atoms with Gasteiger partial charge in [0, 0.05) is 26.2 Å². The van der Waals surface area contributed by atoms with E-state index in [2.05, 4.69) is 9.88 Å². The van der Waals surface area contributed by atoms with Gasteiger partial charge in [-0.25, -0.2) is 4.98 Å². The van der Waals surface area contributed by atoms with Gasteiger partial charge in [-0.1, -0.05) is 12.1 Å². The zero-order chi connectivity index (χ0) is 18.6. The van der Waals surface area contributed by atoms with Gasteiger partial charge in [-0.15, -0.1) is 0 Å². The van der Waals surface area contributed by atoms with E-state index in [0.717, 1.165) is 26.1 Å². The standard InChI is InChI=1S/C20H26N4O3/c25-19(14-24-15-21-18-7-2-1-6-17(18)20(24)26)23-10-5-11-27-16(13-23)12-22-8-3-4-9-22/h1-2,6-7,15-16H,3-5,8-14H2. The lowest BCUT2D eigenvalue weighted by Gasteiger charge is -2.27. The summed E-state index contributed by atoms with van der Waals surface area (Å²) in [4.78, 5) is 34.0. The molecule has 4 rings (SSSR count). The van der Waals surface area contributed by atoms with Crippen molar-refractivity contribution < 1.29 is 9.53 Å². The number of hydrogen-bond acceptors (Lipinski definition) is 5. The Hall–Kier alpha value is -2.25. The van der Waals surface area contributed by atoms with Crippen molar-refractivity contribution in [1.29, 1.82) is 0 Å². The van der Waals surface area contributed by atoms with Gasteiger partial charge in [-0.05, 0) is 44.5 Å². The van der Waals surface area contributed by atoms with E-state index in [9.17, 15) is 9.59 Å². The Morgan fingerprint density at radius 2 is 1.96 bits per heavy atom. The second-order valence-corrected chi connectivity index (χ2v) is 7.39. The largest absolute Gasteiger partial charge is 0.375 e. The second kappa shape index (κ2) is 8.19. The molecule has 1 atom stereocenters. The van der Waals surface area contributed by atoms with Gasteiger partial charge in [0.15, 0.2) is 0 Å². The van der Waals surface area contributed by atoms with E-state index in [0.29, 0.717) is 30.6 Å². The van der Waals surface area contributed by atoms with Crippen molar-refractivity contribution in [2.45, 2.75) is 31.9 Å². The van der Waals surface area contributed by atoms with Crippen molar-refractivity contribution in [2.75, 3.05) is 39.3 Å². The number of ether oxygens (including phenoxy) is 1. The number of aromatic nitrogens is 2. The van der Waals surface area contributed by atoms with Crippen LogP contribution in [-0.2, 0) is 16.1 Å². The molecule has 2 saturated heterocycles. The number of carbonyl (C=O) groups is 1. The summed E-state index contributed by atoms with van der Waals surface area (Å²) in [6.07, 6.45) is 4.83. The van der Waals surface area contributed by atoms with Gasteiger partial charge >= 0.3 is 0 Å². The van der Waals surface area contributed by atoms with Crippen LogP contribution in [0.2, 0.25) is 0 Å². The quantitative estimate of drug-likeness (QED) is 0.807. The summed E-state index contributed by atoms with van der Waals surface area (Å²) in [5.41, 5.74) is 0.480. The number of nitrogens with zero attached hydrogens (tertiary/aromatic N) is 4. The van der Waals surface area contributed by atoms with Crippen LogP contribution in [0.15, 0.2) is 35.4 Å². The van der Waals surface area contributed by atoms with Gasteiger partial charge in [0.2, 0.25) is 5.91 Å². The summed E-state index contributed by atoms with van der Waals surface area (Å²) in [7, 11) is 0. The molecule has 0 N–H and O–H groups in total. The Morgan fingerprint density at radius 1 is 1.15 bits per heavy atom. The summed E-state index contributed by atoms with van der Waals surface area (Å²) >= 11 is 0. The fraction of sp³-hybridized carbons (Fsp3) is 0.550. The molecule has 2 aliphatic heterocycles. The van der Waals surface area contributed by atoms with Crippen LogP contribution < -0.4 is 5.56 Å². The second-order valence-electron chi connectivity index (χ2n) is 7.39. The molecule has 1 aromatic heterocycles. The highest BCUT2D eigenvalue weighted by molar-refractivity contribution is 5.79. The van der Waals surface area contributed by atoms with Crippen molar-refractivity contribution in [2.24, 2.45) is 0 Å². The zero-order valence-electron chi connectivity index (χ0n) is 15.5. The molecule has 0 radical (unpaired) electrons. The number of para-hydroxylation sites is 1. The molecule has 144 valence electrons. The van der Waals surface area contributed by atoms with Crippen molar-refractivity contribution in [1.82, 2.24) is 19.4 Å². The number of fused-ring (bicyclic) bond motifs is 1. The molecule has 1 unspecified atom stereocenters. The Labute approximate surface area is 158 Å². The molecule has 0 spiro atoms. The predicted molar refractivity (Wildman–Crippen MR) is 103 cm³/mol. The van der Waals surface area contributed by atoms with Gasteiger partial charge in [0.05, 0.1) is 23.3 Å². The first-order valence-corrected chi connectivity index (χ1v) is 9.76. The third kappa shape index (κ3) is 4.20. The lowest BCUT2D eigenvalue weighted by molar-refractivity contribution is -0.132. The van der Waals surface area contributed by atoms with Gasteiger partial charge in [0.1, 0.15) is 6.54 Å². The lowest BCUT2D eigenvalue weighted by Crippen LogP contribution is -2.43. The highest BCUT2D eigenvalue weighted by Gasteiger charge is 2.25. The molecule has 7 heteroatoms. The molecule has 0 bridgehead atoms. The van der Waals surface area contributed by atoms with E-state index < -0.39 is 0 Å². The van der Waals surface area contributed by atoms with Crippen LogP contribution in [-0.4, -0.2) is 70.7 Å². The summed E-state index contributed by atoms with van der Waals surface area (Å²) in [5, 5.41) is 0.541. The number of benzene rings is 1. The number of amides is 1. The Kier molecular flexibility index (Phi) is 5.50. The highest BCUT2D eigenvalue weighted by Crippen LogP contribution is 2.13. The van der Waals surface area contributed by atoms with Crippen LogP contribution in [0.1, 0.15) is 19.3 Å². The SMILES string of the molecule is O=C(Cn1cnc2ccccc2c1=O)N1CCCOC(CN2CCCC2)C1. The van der Waals surface area contributed by atoms with Crippen molar-refractivity contribution in [3.05, 3.63) is 40.9 Å². The van der Waals surface area contributed by atoms with Gasteiger partial charge < -0.3 is 14.5 Å². The highest BCUT2D eigenvalue weighted by atomic mass is 16.5. The maximum absolute atomic E-state index is 12.9. The van der Waals surface area contributed by atoms with E-state index in [1.807, 2.05) is 17.0 Å². The average molecular weight is 370 g/mol. The fourth-order valence-corrected chi connectivity index (χ4v) is 3.95. The number of rotatable bonds is 4. The Morgan fingerprint density at radius 3 is 2.81 bits per heavy atom. The molecule has 2 aliphatic rings. The van der Waals surface area contributed by atoms with Crippen LogP contribution in [0.25, 0.3) is 10.9 Å². The maximum Gasteiger partial charge on any atom is 0.261 e. The molecule has 27 heavy (non-hydrogen) atoms. The molecule has 1 aromatic carbocycles. The normalized spacial score (nSPS) is 21.5. The monoisotopic (exact) mass is 370 g/mol. The molecular weight excluding hydrogens is 344 g/mol. The lowest BCUT2D eigenvalue weighted by atomic mass is 10.2. The Balaban J connectivity index is 1.45. The van der Waals surface area contributed by atoms with Crippen LogP contribution in [0, 0.1) is 0 Å². The van der Waals surface area contributed by atoms with Crippen LogP contribution in [0.5, 0.6) is 0 Å². The molecule has 0 aliphatic carbocycles. The average Bonchev–Trinajstić information content (AvgIpc) is 3.08. The van der Waals surface area contributed by atoms with Crippen molar-refractivity contribution >= 4 is 16.8 Å². The fourth-order valence-electron chi connectivity index (χ4n) is 3.95. The van der Waals surface area contributed by atoms with Gasteiger partial charge in [0.25, 0.3) is 5.56 Å². The predicted octanol–water partition coefficient (Wildman–Crippen LogP) is 1.11. The Bertz CT molecular complexity index is 860. The van der Waals surface area contributed by atoms with Gasteiger partial charge in [-0.3, -0.25) is 14.2 Å². The van der Waals surface area contributed by atoms with Crippen LogP contribution >= 0.6 is 0 Å². The summed E-state index contributed by atoms with van der Waals surface area (Å²) < 4.78 is 7.37. The molecule has 1 amide bonds. The summed E-state index contributed by atoms with van der Waals surface area (Å²) in [6.45, 7) is 5.07. The minimum absolute atomic E-state index is 0.0209. The topological polar surface area (TPSA) is 67.7 Å². The van der Waals surface area contributed by atoms with E-state index in [1.165, 1.54) is 23.7 Å². The van der Waals surface area contributed by atoms with Gasteiger partial charge in [-0.2, -0.15) is 0 Å². The third-order valence-electron chi connectivity index (χ3n) is 5.40. The van der Waals surface area contributed by atoms with Crippen molar-refractivity contribution in [3.8, 4) is 0 Å². The minimum atomic E-state index is -0.173. The summed E-state index contributed by atoms with van der Waals surface area (Å²) in [5.74, 6) is -0.0499. The molecule has 3 heterocycles. The smallest absolute Gasteiger partial charge is 0.261 e. The first-order chi connectivity index (χ1) is 13.2.